The maximum absolute atomic E-state index is 10.2. The Morgan fingerprint density at radius 1 is 1.50 bits per heavy atom. The minimum atomic E-state index is -0.760. The van der Waals surface area contributed by atoms with Crippen LogP contribution in [0, 0.1) is 5.92 Å². The van der Waals surface area contributed by atoms with Crippen molar-refractivity contribution < 1.29 is 9.90 Å². The van der Waals surface area contributed by atoms with E-state index in [-0.39, 0.29) is 11.8 Å². The van der Waals surface area contributed by atoms with Crippen molar-refractivity contribution in [3.05, 3.63) is 0 Å². The average Bonchev–Trinajstić information content (AvgIpc) is 2.00. The highest BCUT2D eigenvalue weighted by atomic mass is 35.5. The minimum Gasteiger partial charge on any atom is -0.481 e. The number of halogens is 1. The maximum atomic E-state index is 10.2. The topological polar surface area (TPSA) is 37.3 Å². The molecule has 0 aromatic carbocycles. The molecule has 0 aliphatic carbocycles. The molecule has 0 aromatic rings. The van der Waals surface area contributed by atoms with Crippen molar-refractivity contribution in [1.29, 1.82) is 0 Å². The Morgan fingerprint density at radius 3 is 2.50 bits per heavy atom. The van der Waals surface area contributed by atoms with Crippen LogP contribution < -0.4 is 0 Å². The van der Waals surface area contributed by atoms with E-state index in [1.54, 1.807) is 0 Å². The van der Waals surface area contributed by atoms with Crippen molar-refractivity contribution in [2.75, 3.05) is 0 Å². The van der Waals surface area contributed by atoms with Gasteiger partial charge in [-0.05, 0) is 18.8 Å². The first-order valence-electron chi connectivity index (χ1n) is 4.43. The summed E-state index contributed by atoms with van der Waals surface area (Å²) in [6.07, 6.45) is 2.95. The van der Waals surface area contributed by atoms with Crippen molar-refractivity contribution in [3.8, 4) is 0 Å². The smallest absolute Gasteiger partial charge is 0.303 e. The van der Waals surface area contributed by atoms with Crippen molar-refractivity contribution in [3.63, 3.8) is 0 Å². The molecular weight excluding hydrogens is 176 g/mol. The average molecular weight is 193 g/mol. The molecular formula is C9H17ClO2. The van der Waals surface area contributed by atoms with Crippen LogP contribution in [-0.2, 0) is 4.79 Å². The van der Waals surface area contributed by atoms with Crippen LogP contribution in [-0.4, -0.2) is 16.5 Å². The second kappa shape index (κ2) is 6.30. The fraction of sp³-hybridized carbons (Fsp3) is 0.889. The molecule has 0 aliphatic rings. The summed E-state index contributed by atoms with van der Waals surface area (Å²) in [6.45, 7) is 4.18. The number of hydrogen-bond donors (Lipinski definition) is 1. The SMILES string of the molecule is CCCC(C)C(Cl)CCC(=O)O. The van der Waals surface area contributed by atoms with Crippen molar-refractivity contribution >= 4 is 17.6 Å². The highest BCUT2D eigenvalue weighted by Crippen LogP contribution is 2.20. The lowest BCUT2D eigenvalue weighted by molar-refractivity contribution is -0.137. The van der Waals surface area contributed by atoms with E-state index in [0.29, 0.717) is 12.3 Å². The number of rotatable bonds is 6. The van der Waals surface area contributed by atoms with E-state index in [1.807, 2.05) is 0 Å². The molecule has 2 nitrogen and oxygen atoms in total. The lowest BCUT2D eigenvalue weighted by Gasteiger charge is -2.15. The quantitative estimate of drug-likeness (QED) is 0.658. The van der Waals surface area contributed by atoms with Gasteiger partial charge in [-0.15, -0.1) is 11.6 Å². The molecule has 0 saturated heterocycles. The Labute approximate surface area is 78.9 Å². The maximum Gasteiger partial charge on any atom is 0.303 e. The first kappa shape index (κ1) is 11.8. The predicted octanol–water partition coefficient (Wildman–Crippen LogP) is 2.89. The highest BCUT2D eigenvalue weighted by molar-refractivity contribution is 6.20. The van der Waals surface area contributed by atoms with Crippen LogP contribution in [0.2, 0.25) is 0 Å². The summed E-state index contributed by atoms with van der Waals surface area (Å²) in [5.74, 6) is -0.333. The van der Waals surface area contributed by atoms with Gasteiger partial charge in [0.2, 0.25) is 0 Å². The van der Waals surface area contributed by atoms with Crippen LogP contribution in [0.4, 0.5) is 0 Å². The van der Waals surface area contributed by atoms with Gasteiger partial charge in [-0.25, -0.2) is 0 Å². The molecule has 0 aromatic heterocycles. The van der Waals surface area contributed by atoms with Crippen LogP contribution in [0.5, 0.6) is 0 Å². The Hall–Kier alpha value is -0.240. The number of hydrogen-bond acceptors (Lipinski definition) is 1. The van der Waals surface area contributed by atoms with Crippen molar-refractivity contribution in [2.45, 2.75) is 44.9 Å². The molecule has 1 N–H and O–H groups in total. The van der Waals surface area contributed by atoms with Gasteiger partial charge in [-0.3, -0.25) is 4.79 Å². The largest absolute Gasteiger partial charge is 0.481 e. The van der Waals surface area contributed by atoms with E-state index in [2.05, 4.69) is 13.8 Å². The molecule has 2 atom stereocenters. The summed E-state index contributed by atoms with van der Waals surface area (Å²) in [6, 6.07) is 0. The highest BCUT2D eigenvalue weighted by Gasteiger charge is 2.14. The van der Waals surface area contributed by atoms with E-state index in [4.69, 9.17) is 16.7 Å². The van der Waals surface area contributed by atoms with Gasteiger partial charge in [0.25, 0.3) is 0 Å². The monoisotopic (exact) mass is 192 g/mol. The molecule has 0 saturated carbocycles. The van der Waals surface area contributed by atoms with Gasteiger partial charge in [0, 0.05) is 11.8 Å². The fourth-order valence-electron chi connectivity index (χ4n) is 1.18. The zero-order valence-corrected chi connectivity index (χ0v) is 8.47. The molecule has 0 heterocycles. The van der Waals surface area contributed by atoms with Gasteiger partial charge in [0.1, 0.15) is 0 Å². The summed E-state index contributed by atoms with van der Waals surface area (Å²) in [7, 11) is 0. The van der Waals surface area contributed by atoms with Crippen molar-refractivity contribution in [2.24, 2.45) is 5.92 Å². The summed E-state index contributed by atoms with van der Waals surface area (Å²) >= 11 is 5.99. The van der Waals surface area contributed by atoms with E-state index < -0.39 is 5.97 Å². The van der Waals surface area contributed by atoms with E-state index in [9.17, 15) is 4.79 Å². The fourth-order valence-corrected chi connectivity index (χ4v) is 1.42. The van der Waals surface area contributed by atoms with Crippen LogP contribution in [0.3, 0.4) is 0 Å². The molecule has 0 rings (SSSR count). The number of alkyl halides is 1. The first-order valence-corrected chi connectivity index (χ1v) is 4.87. The zero-order chi connectivity index (χ0) is 9.56. The normalized spacial score (nSPS) is 15.6. The lowest BCUT2D eigenvalue weighted by atomic mass is 9.99. The van der Waals surface area contributed by atoms with Gasteiger partial charge in [0.15, 0.2) is 0 Å². The van der Waals surface area contributed by atoms with Crippen LogP contribution in [0.1, 0.15) is 39.5 Å². The molecule has 0 bridgehead atoms. The Bertz CT molecular complexity index is 136. The van der Waals surface area contributed by atoms with Gasteiger partial charge in [-0.1, -0.05) is 20.3 Å². The molecule has 0 fully saturated rings. The first-order chi connectivity index (χ1) is 5.57. The van der Waals surface area contributed by atoms with Crippen LogP contribution >= 0.6 is 11.6 Å². The third-order valence-electron chi connectivity index (χ3n) is 2.00. The van der Waals surface area contributed by atoms with Gasteiger partial charge in [-0.2, -0.15) is 0 Å². The third kappa shape index (κ3) is 5.42. The number of carboxylic acid groups (broad SMARTS) is 1. The molecule has 0 radical (unpaired) electrons. The van der Waals surface area contributed by atoms with Gasteiger partial charge < -0.3 is 5.11 Å². The molecule has 3 heteroatoms. The van der Waals surface area contributed by atoms with Crippen molar-refractivity contribution in [1.82, 2.24) is 0 Å². The van der Waals surface area contributed by atoms with E-state index in [1.165, 1.54) is 0 Å². The number of aliphatic carboxylic acids is 1. The molecule has 12 heavy (non-hydrogen) atoms. The molecule has 72 valence electrons. The van der Waals surface area contributed by atoms with Crippen LogP contribution in [0.25, 0.3) is 0 Å². The van der Waals surface area contributed by atoms with Gasteiger partial charge in [0.05, 0.1) is 0 Å². The summed E-state index contributed by atoms with van der Waals surface area (Å²) in [5, 5.41) is 8.43. The number of carbonyl (C=O) groups is 1. The second-order valence-electron chi connectivity index (χ2n) is 3.21. The molecule has 0 spiro atoms. The number of carboxylic acids is 1. The predicted molar refractivity (Wildman–Crippen MR) is 50.6 cm³/mol. The Morgan fingerprint density at radius 2 is 2.08 bits per heavy atom. The molecule has 0 amide bonds. The van der Waals surface area contributed by atoms with Crippen LogP contribution in [0.15, 0.2) is 0 Å². The zero-order valence-electron chi connectivity index (χ0n) is 7.72. The summed E-state index contributed by atoms with van der Waals surface area (Å²) in [4.78, 5) is 10.2. The second-order valence-corrected chi connectivity index (χ2v) is 3.77. The van der Waals surface area contributed by atoms with E-state index >= 15 is 0 Å². The lowest BCUT2D eigenvalue weighted by Crippen LogP contribution is -2.13. The van der Waals surface area contributed by atoms with E-state index in [0.717, 1.165) is 12.8 Å². The standard InChI is InChI=1S/C9H17ClO2/c1-3-4-7(2)8(10)5-6-9(11)12/h7-8H,3-6H2,1-2H3,(H,11,12). The summed E-state index contributed by atoms with van der Waals surface area (Å²) in [5.41, 5.74) is 0. The molecule has 2 unspecified atom stereocenters. The minimum absolute atomic E-state index is 0.0149. The third-order valence-corrected chi connectivity index (χ3v) is 2.64. The Balaban J connectivity index is 3.55. The Kier molecular flexibility index (Phi) is 6.17. The molecule has 0 aliphatic heterocycles. The van der Waals surface area contributed by atoms with Gasteiger partial charge >= 0.3 is 5.97 Å². The summed E-state index contributed by atoms with van der Waals surface area (Å²) < 4.78 is 0.